The third-order valence-electron chi connectivity index (χ3n) is 5.43. The third kappa shape index (κ3) is 4.19. The van der Waals surface area contributed by atoms with E-state index in [4.69, 9.17) is 9.72 Å². The van der Waals surface area contributed by atoms with Gasteiger partial charge in [-0.25, -0.2) is 4.98 Å². The molecule has 0 atom stereocenters. The number of hydrogen-bond donors (Lipinski definition) is 0. The molecule has 1 aromatic carbocycles. The maximum Gasteiger partial charge on any atom is 0.279 e. The number of ether oxygens (including phenoxy) is 1. The highest BCUT2D eigenvalue weighted by Gasteiger charge is 2.16. The van der Waals surface area contributed by atoms with E-state index in [1.54, 1.807) is 42.1 Å². The van der Waals surface area contributed by atoms with Crippen LogP contribution in [0, 0.1) is 25.2 Å². The number of carbonyl (C=O) groups excluding carboxylic acids is 1. The number of benzene rings is 1. The van der Waals surface area contributed by atoms with Gasteiger partial charge in [-0.3, -0.25) is 14.0 Å². The van der Waals surface area contributed by atoms with Crippen LogP contribution in [0.2, 0.25) is 0 Å². The van der Waals surface area contributed by atoms with E-state index in [1.165, 1.54) is 10.5 Å². The lowest BCUT2D eigenvalue weighted by atomic mass is 10.1. The van der Waals surface area contributed by atoms with Crippen LogP contribution in [0.5, 0.6) is 0 Å². The van der Waals surface area contributed by atoms with Crippen LogP contribution < -0.4 is 11.0 Å². The second-order valence-corrected chi connectivity index (χ2v) is 7.82. The van der Waals surface area contributed by atoms with E-state index in [0.29, 0.717) is 36.4 Å². The zero-order chi connectivity index (χ0) is 23.5. The number of fused-ring (bicyclic) bond motifs is 2. The van der Waals surface area contributed by atoms with E-state index >= 15 is 0 Å². The van der Waals surface area contributed by atoms with Gasteiger partial charge in [-0.05, 0) is 50.1 Å². The molecule has 4 aromatic rings. The Hall–Kier alpha value is -4.09. The molecule has 166 valence electrons. The van der Waals surface area contributed by atoms with Gasteiger partial charge in [0.1, 0.15) is 17.4 Å². The normalized spacial score (nSPS) is 11.8. The SMILES string of the molecule is COCCCn1c(=NC(=O)c2cccc(C)c2)c(C#N)cc2c(=O)n3cccc(C)c3nc21. The van der Waals surface area contributed by atoms with Crippen LogP contribution in [0.4, 0.5) is 0 Å². The fourth-order valence-corrected chi connectivity index (χ4v) is 3.81. The zero-order valence-electron chi connectivity index (χ0n) is 18.7. The van der Waals surface area contributed by atoms with Crippen molar-refractivity contribution in [3.63, 3.8) is 0 Å². The Bertz CT molecular complexity index is 1560. The summed E-state index contributed by atoms with van der Waals surface area (Å²) in [6.07, 6.45) is 2.24. The van der Waals surface area contributed by atoms with Gasteiger partial charge in [0.15, 0.2) is 5.49 Å². The molecule has 0 aliphatic rings. The summed E-state index contributed by atoms with van der Waals surface area (Å²) in [7, 11) is 1.60. The fraction of sp³-hybridized carbons (Fsp3) is 0.240. The highest BCUT2D eigenvalue weighted by Crippen LogP contribution is 2.13. The Labute approximate surface area is 190 Å². The summed E-state index contributed by atoms with van der Waals surface area (Å²) in [5.41, 5.74) is 3.09. The molecule has 33 heavy (non-hydrogen) atoms. The molecule has 8 heteroatoms. The molecule has 3 aromatic heterocycles. The average molecular weight is 441 g/mol. The van der Waals surface area contributed by atoms with E-state index in [9.17, 15) is 14.9 Å². The summed E-state index contributed by atoms with van der Waals surface area (Å²) in [5, 5.41) is 10.1. The Morgan fingerprint density at radius 2 is 2.00 bits per heavy atom. The number of nitrogens with zero attached hydrogens (tertiary/aromatic N) is 5. The lowest BCUT2D eigenvalue weighted by Crippen LogP contribution is -2.30. The minimum atomic E-state index is -0.469. The number of methoxy groups -OCH3 is 1. The van der Waals surface area contributed by atoms with E-state index in [-0.39, 0.29) is 22.0 Å². The van der Waals surface area contributed by atoms with Gasteiger partial charge in [0, 0.05) is 32.0 Å². The fourth-order valence-electron chi connectivity index (χ4n) is 3.81. The Morgan fingerprint density at radius 1 is 1.18 bits per heavy atom. The second kappa shape index (κ2) is 9.18. The van der Waals surface area contributed by atoms with Gasteiger partial charge in [-0.2, -0.15) is 10.3 Å². The first-order chi connectivity index (χ1) is 15.9. The van der Waals surface area contributed by atoms with E-state index < -0.39 is 5.91 Å². The van der Waals surface area contributed by atoms with Crippen molar-refractivity contribution in [3.8, 4) is 6.07 Å². The average Bonchev–Trinajstić information content (AvgIpc) is 2.81. The van der Waals surface area contributed by atoms with Crippen LogP contribution in [0.1, 0.15) is 33.5 Å². The number of hydrogen-bond acceptors (Lipinski definition) is 5. The Balaban J connectivity index is 2.08. The van der Waals surface area contributed by atoms with Gasteiger partial charge in [0.25, 0.3) is 11.5 Å². The van der Waals surface area contributed by atoms with Gasteiger partial charge in [0.2, 0.25) is 0 Å². The van der Waals surface area contributed by atoms with Crippen molar-refractivity contribution in [3.05, 3.63) is 86.8 Å². The van der Waals surface area contributed by atoms with E-state index in [1.807, 2.05) is 26.0 Å². The summed E-state index contributed by atoms with van der Waals surface area (Å²) in [4.78, 5) is 35.3. The molecule has 0 unspecified atom stereocenters. The van der Waals surface area contributed by atoms with Gasteiger partial charge in [0.05, 0.1) is 10.9 Å². The van der Waals surface area contributed by atoms with Crippen LogP contribution in [-0.4, -0.2) is 33.6 Å². The summed E-state index contributed by atoms with van der Waals surface area (Å²) < 4.78 is 8.33. The minimum absolute atomic E-state index is 0.132. The van der Waals surface area contributed by atoms with Gasteiger partial charge >= 0.3 is 0 Å². The molecule has 0 aliphatic carbocycles. The maximum absolute atomic E-state index is 13.3. The molecule has 1 amide bonds. The molecule has 0 radical (unpaired) electrons. The number of carbonyl (C=O) groups is 1. The highest BCUT2D eigenvalue weighted by molar-refractivity contribution is 5.95. The highest BCUT2D eigenvalue weighted by atomic mass is 16.5. The Morgan fingerprint density at radius 3 is 2.73 bits per heavy atom. The van der Waals surface area contributed by atoms with Crippen molar-refractivity contribution in [1.29, 1.82) is 5.26 Å². The molecule has 4 rings (SSSR count). The van der Waals surface area contributed by atoms with Crippen LogP contribution >= 0.6 is 0 Å². The quantitative estimate of drug-likeness (QED) is 0.350. The molecule has 0 saturated heterocycles. The second-order valence-electron chi connectivity index (χ2n) is 7.82. The maximum atomic E-state index is 13.3. The smallest absolute Gasteiger partial charge is 0.279 e. The van der Waals surface area contributed by atoms with Crippen molar-refractivity contribution < 1.29 is 9.53 Å². The molecule has 0 aliphatic heterocycles. The van der Waals surface area contributed by atoms with E-state index in [2.05, 4.69) is 11.1 Å². The number of nitriles is 1. The van der Waals surface area contributed by atoms with Gasteiger partial charge < -0.3 is 9.30 Å². The summed E-state index contributed by atoms with van der Waals surface area (Å²) in [6.45, 7) is 4.60. The molecule has 0 fully saturated rings. The van der Waals surface area contributed by atoms with E-state index in [0.717, 1.165) is 11.1 Å². The first-order valence-corrected chi connectivity index (χ1v) is 10.5. The summed E-state index contributed by atoms with van der Waals surface area (Å²) in [6, 6.07) is 14.3. The number of rotatable bonds is 5. The zero-order valence-corrected chi connectivity index (χ0v) is 18.7. The van der Waals surface area contributed by atoms with Crippen molar-refractivity contribution in [1.82, 2.24) is 14.0 Å². The predicted octanol–water partition coefficient (Wildman–Crippen LogP) is 2.92. The topological polar surface area (TPSA) is 102 Å². The molecule has 3 heterocycles. The minimum Gasteiger partial charge on any atom is -0.385 e. The molecule has 0 bridgehead atoms. The lowest BCUT2D eigenvalue weighted by molar-refractivity contribution is 0.0997. The van der Waals surface area contributed by atoms with Crippen molar-refractivity contribution in [2.45, 2.75) is 26.8 Å². The molecular formula is C25H23N5O3. The van der Waals surface area contributed by atoms with Gasteiger partial charge in [-0.1, -0.05) is 23.8 Å². The van der Waals surface area contributed by atoms with Crippen LogP contribution in [0.15, 0.2) is 58.4 Å². The third-order valence-corrected chi connectivity index (χ3v) is 5.43. The standard InChI is InChI=1S/C25H23N5O3/c1-16-7-4-9-18(13-16)24(31)28-22-19(15-26)14-20-23(29(22)11-6-12-33-3)27-21-17(2)8-5-10-30(21)25(20)32/h4-5,7-10,13-14H,6,11-12H2,1-3H3. The summed E-state index contributed by atoms with van der Waals surface area (Å²) >= 11 is 0. The molecular weight excluding hydrogens is 418 g/mol. The molecule has 0 saturated carbocycles. The van der Waals surface area contributed by atoms with Crippen molar-refractivity contribution in [2.75, 3.05) is 13.7 Å². The number of aromatic nitrogens is 3. The molecule has 0 N–H and O–H groups in total. The predicted molar refractivity (Wildman–Crippen MR) is 124 cm³/mol. The summed E-state index contributed by atoms with van der Waals surface area (Å²) in [5.74, 6) is -0.469. The number of aryl methyl sites for hydroxylation is 3. The monoisotopic (exact) mass is 441 g/mol. The first-order valence-electron chi connectivity index (χ1n) is 10.5. The Kier molecular flexibility index (Phi) is 6.16. The number of amides is 1. The van der Waals surface area contributed by atoms with Crippen LogP contribution in [0.3, 0.4) is 0 Å². The van der Waals surface area contributed by atoms with Crippen molar-refractivity contribution >= 4 is 22.6 Å². The number of pyridine rings is 2. The lowest BCUT2D eigenvalue weighted by Gasteiger charge is -2.14. The molecule has 0 spiro atoms. The largest absolute Gasteiger partial charge is 0.385 e. The van der Waals surface area contributed by atoms with Crippen LogP contribution in [-0.2, 0) is 11.3 Å². The first kappa shape index (κ1) is 22.1. The van der Waals surface area contributed by atoms with Gasteiger partial charge in [-0.15, -0.1) is 0 Å². The molecule has 8 nitrogen and oxygen atoms in total. The van der Waals surface area contributed by atoms with Crippen molar-refractivity contribution in [2.24, 2.45) is 4.99 Å². The van der Waals surface area contributed by atoms with Crippen LogP contribution in [0.25, 0.3) is 16.7 Å².